The van der Waals surface area contributed by atoms with Crippen molar-refractivity contribution in [3.63, 3.8) is 0 Å². The van der Waals surface area contributed by atoms with Gasteiger partial charge in [-0.1, -0.05) is 40.2 Å². The predicted molar refractivity (Wildman–Crippen MR) is 188 cm³/mol. The van der Waals surface area contributed by atoms with E-state index >= 15 is 0 Å². The second-order valence-electron chi connectivity index (χ2n) is 12.4. The van der Waals surface area contributed by atoms with Gasteiger partial charge < -0.3 is 49.9 Å². The molecule has 0 aliphatic carbocycles. The van der Waals surface area contributed by atoms with Gasteiger partial charge >= 0.3 is 57.4 Å². The van der Waals surface area contributed by atoms with E-state index < -0.39 is 24.5 Å². The Kier molecular flexibility index (Phi) is 30.2. The standard InChI is InChI=1S/C19H35N3O4.C15H18O7.2CH3.K/c1-5-19(4,16(2)3)13-18(26)22(15-24)12-8-6-7-9-17(25)21-11-10-20-14-23;1-9-4-10(7-20-8-16)2-3-12(9)21-14-6-11(17)5-13(22-14)15(18)19;;;/h14-16H,5-13H2,1-4H3,(H,20,23)(H,21,25);2-4,8,11,13-14,17H,5-7H2,1H3,(H,18,19);2*1H3;/q;;2*-1;+1. The Bertz CT molecular complexity index is 1190. The van der Waals surface area contributed by atoms with Crippen LogP contribution in [-0.4, -0.2) is 90.3 Å². The van der Waals surface area contributed by atoms with Gasteiger partial charge in [0.2, 0.25) is 30.9 Å². The number of hydrogen-bond donors (Lipinski definition) is 4. The largest absolute Gasteiger partial charge is 1.00 e. The molecule has 4 N–H and O–H groups in total. The van der Waals surface area contributed by atoms with Crippen LogP contribution in [0.5, 0.6) is 5.75 Å². The molecule has 4 unspecified atom stereocenters. The zero-order valence-corrected chi connectivity index (χ0v) is 34.9. The molecule has 0 saturated carbocycles. The summed E-state index contributed by atoms with van der Waals surface area (Å²) in [7, 11) is 0. The number of nitrogens with zero attached hydrogens (tertiary/aromatic N) is 1. The molecule has 1 aromatic carbocycles. The second kappa shape index (κ2) is 29.1. The Labute approximate surface area is 346 Å². The van der Waals surface area contributed by atoms with Gasteiger partial charge in [-0.2, -0.15) is 0 Å². The summed E-state index contributed by atoms with van der Waals surface area (Å²) in [5.41, 5.74) is 1.50. The number of imide groups is 1. The van der Waals surface area contributed by atoms with Gasteiger partial charge in [-0.15, -0.1) is 0 Å². The molecule has 0 radical (unpaired) electrons. The summed E-state index contributed by atoms with van der Waals surface area (Å²) in [5, 5.41) is 23.9. The maximum absolute atomic E-state index is 12.4. The van der Waals surface area contributed by atoms with Crippen LogP contribution < -0.4 is 66.8 Å². The molecule has 2 rings (SSSR count). The number of benzene rings is 1. The number of carboxylic acids is 1. The molecular weight excluding hydrogens is 690 g/mol. The zero-order valence-electron chi connectivity index (χ0n) is 31.8. The molecule has 51 heavy (non-hydrogen) atoms. The van der Waals surface area contributed by atoms with Crippen molar-refractivity contribution in [2.45, 2.75) is 111 Å². The first-order valence-electron chi connectivity index (χ1n) is 16.4. The molecule has 1 fully saturated rings. The number of ether oxygens (including phenoxy) is 3. The van der Waals surface area contributed by atoms with E-state index in [0.29, 0.717) is 76.3 Å². The van der Waals surface area contributed by atoms with Crippen LogP contribution >= 0.6 is 0 Å². The third kappa shape index (κ3) is 21.0. The number of rotatable bonds is 21. The number of aliphatic carboxylic acids is 1. The van der Waals surface area contributed by atoms with Crippen molar-refractivity contribution in [1.82, 2.24) is 15.5 Å². The number of amides is 4. The van der Waals surface area contributed by atoms with Gasteiger partial charge in [-0.3, -0.25) is 28.9 Å². The van der Waals surface area contributed by atoms with Crippen molar-refractivity contribution in [2.75, 3.05) is 19.6 Å². The fourth-order valence-electron chi connectivity index (χ4n) is 4.89. The SMILES string of the molecule is CCC(C)(CC(=O)N(C=O)CCCCCC(=O)NCCNC=O)C(C)C.Cc1cc(COC=O)ccc1OC1CC(O)CC(C(=O)O)O1.[CH3-].[CH3-].[K+]. The molecule has 4 atom stereocenters. The quantitative estimate of drug-likeness (QED) is 0.0600. The fraction of sp³-hybridized carbons (Fsp3) is 0.611. The molecule has 1 aromatic rings. The molecule has 0 bridgehead atoms. The minimum absolute atomic E-state index is 0. The van der Waals surface area contributed by atoms with Gasteiger partial charge in [0.25, 0.3) is 6.47 Å². The Morgan fingerprint density at radius 3 is 2.33 bits per heavy atom. The summed E-state index contributed by atoms with van der Waals surface area (Å²) >= 11 is 0. The van der Waals surface area contributed by atoms with E-state index in [0.717, 1.165) is 24.0 Å². The molecule has 14 nitrogen and oxygen atoms in total. The molecular formula is C36H59KN3O11-. The van der Waals surface area contributed by atoms with Crippen LogP contribution in [0, 0.1) is 33.1 Å². The first kappa shape index (κ1) is 53.0. The Morgan fingerprint density at radius 1 is 1.10 bits per heavy atom. The van der Waals surface area contributed by atoms with Gasteiger partial charge in [0.15, 0.2) is 6.10 Å². The Balaban J connectivity index is -0.000000861. The van der Waals surface area contributed by atoms with Crippen molar-refractivity contribution in [3.8, 4) is 5.75 Å². The molecule has 1 aliphatic rings. The number of nitrogens with one attached hydrogen (secondary N) is 2. The van der Waals surface area contributed by atoms with E-state index in [1.807, 2.05) is 6.92 Å². The van der Waals surface area contributed by atoms with E-state index in [4.69, 9.17) is 14.6 Å². The van der Waals surface area contributed by atoms with E-state index in [9.17, 15) is 33.9 Å². The number of aliphatic hydroxyl groups is 1. The predicted octanol–water partition coefficient (Wildman–Crippen LogP) is 0.758. The number of carboxylic acid groups (broad SMARTS) is 1. The van der Waals surface area contributed by atoms with Gasteiger partial charge in [0, 0.05) is 45.3 Å². The van der Waals surface area contributed by atoms with E-state index in [1.165, 1.54) is 4.90 Å². The summed E-state index contributed by atoms with van der Waals surface area (Å²) in [6, 6.07) is 5.23. The summed E-state index contributed by atoms with van der Waals surface area (Å²) in [6.45, 7) is 11.9. The molecule has 0 aromatic heterocycles. The zero-order chi connectivity index (χ0) is 36.1. The van der Waals surface area contributed by atoms with Crippen LogP contribution in [0.2, 0.25) is 0 Å². The number of aryl methyl sites for hydroxylation is 1. The summed E-state index contributed by atoms with van der Waals surface area (Å²) in [6.07, 6.45) is 2.62. The number of unbranched alkanes of at least 4 members (excludes halogenated alkanes) is 2. The third-order valence-electron chi connectivity index (χ3n) is 8.54. The van der Waals surface area contributed by atoms with E-state index in [1.54, 1.807) is 18.2 Å². The number of hydrogen-bond acceptors (Lipinski definition) is 10. The number of carbonyl (C=O) groups excluding carboxylic acids is 5. The van der Waals surface area contributed by atoms with Crippen LogP contribution in [0.4, 0.5) is 0 Å². The number of aliphatic hydroxyl groups excluding tert-OH is 1. The Morgan fingerprint density at radius 2 is 1.78 bits per heavy atom. The van der Waals surface area contributed by atoms with Gasteiger partial charge in [0.1, 0.15) is 12.4 Å². The van der Waals surface area contributed by atoms with Crippen molar-refractivity contribution in [2.24, 2.45) is 11.3 Å². The second-order valence-corrected chi connectivity index (χ2v) is 12.4. The van der Waals surface area contributed by atoms with Crippen molar-refractivity contribution in [1.29, 1.82) is 0 Å². The van der Waals surface area contributed by atoms with Gasteiger partial charge in [0.05, 0.1) is 6.10 Å². The minimum atomic E-state index is -1.12. The average Bonchev–Trinajstić information content (AvgIpc) is 3.04. The van der Waals surface area contributed by atoms with Crippen LogP contribution in [-0.2, 0) is 44.8 Å². The summed E-state index contributed by atoms with van der Waals surface area (Å²) in [4.78, 5) is 67.7. The fourth-order valence-corrected chi connectivity index (χ4v) is 4.89. The van der Waals surface area contributed by atoms with Crippen molar-refractivity contribution >= 4 is 37.1 Å². The van der Waals surface area contributed by atoms with Gasteiger partial charge in [-0.25, -0.2) is 4.79 Å². The van der Waals surface area contributed by atoms with E-state index in [-0.39, 0.29) is 103 Å². The first-order chi connectivity index (χ1) is 22.8. The first-order valence-corrected chi connectivity index (χ1v) is 16.4. The maximum Gasteiger partial charge on any atom is 1.00 e. The normalized spacial score (nSPS) is 17.2. The summed E-state index contributed by atoms with van der Waals surface area (Å²) < 4.78 is 15.6. The smallest absolute Gasteiger partial charge is 0.479 e. The molecule has 0 spiro atoms. The average molecular weight is 749 g/mol. The maximum atomic E-state index is 12.4. The minimum Gasteiger partial charge on any atom is -0.479 e. The molecule has 286 valence electrons. The third-order valence-corrected chi connectivity index (χ3v) is 8.54. The topological polar surface area (TPSA) is 198 Å². The van der Waals surface area contributed by atoms with Crippen LogP contribution in [0.15, 0.2) is 18.2 Å². The molecule has 1 heterocycles. The van der Waals surface area contributed by atoms with Crippen molar-refractivity contribution in [3.05, 3.63) is 44.2 Å². The van der Waals surface area contributed by atoms with Gasteiger partial charge in [-0.05, 0) is 60.8 Å². The van der Waals surface area contributed by atoms with Crippen molar-refractivity contribution < 1.29 is 105 Å². The monoisotopic (exact) mass is 748 g/mol. The molecule has 1 aliphatic heterocycles. The van der Waals surface area contributed by atoms with Crippen LogP contribution in [0.1, 0.15) is 90.2 Å². The molecule has 4 amide bonds. The van der Waals surface area contributed by atoms with Crippen LogP contribution in [0.3, 0.4) is 0 Å². The Hall–Kier alpha value is -2.40. The summed E-state index contributed by atoms with van der Waals surface area (Å²) in [5.74, 6) is -0.413. The van der Waals surface area contributed by atoms with Crippen LogP contribution in [0.25, 0.3) is 0 Å². The molecule has 1 saturated heterocycles. The molecule has 15 heteroatoms. The number of carbonyl (C=O) groups is 6. The van der Waals surface area contributed by atoms with E-state index in [2.05, 4.69) is 43.1 Å².